The second-order valence-corrected chi connectivity index (χ2v) is 4.19. The summed E-state index contributed by atoms with van der Waals surface area (Å²) < 4.78 is 1.13. The minimum Gasteiger partial charge on any atom is -0.292 e. The quantitative estimate of drug-likeness (QED) is 0.620. The van der Waals surface area contributed by atoms with Gasteiger partial charge < -0.3 is 0 Å². The molecule has 0 N–H and O–H groups in total. The number of unbranched alkanes of at least 4 members (excludes halogenated alkanes) is 1. The van der Waals surface area contributed by atoms with Crippen molar-refractivity contribution in [3.8, 4) is 0 Å². The molecule has 15 heavy (non-hydrogen) atoms. The minimum absolute atomic E-state index is 1.13. The molecule has 0 saturated carbocycles. The molecule has 1 heteroatoms. The monoisotopic (exact) mass is 206 g/mol. The Kier molecular flexibility index (Phi) is 4.83. The molecule has 0 radical (unpaired) electrons. The van der Waals surface area contributed by atoms with Crippen molar-refractivity contribution in [2.24, 2.45) is 0 Å². The van der Waals surface area contributed by atoms with E-state index in [0.717, 1.165) is 4.48 Å². The zero-order valence-corrected chi connectivity index (χ0v) is 10.4. The van der Waals surface area contributed by atoms with Crippen molar-refractivity contribution in [1.29, 1.82) is 0 Å². The van der Waals surface area contributed by atoms with E-state index in [9.17, 15) is 0 Å². The largest absolute Gasteiger partial charge is 0.292 e. The molecule has 0 amide bonds. The van der Waals surface area contributed by atoms with Gasteiger partial charge >= 0.3 is 0 Å². The van der Waals surface area contributed by atoms with Crippen LogP contribution in [0, 0.1) is 0 Å². The Bertz CT molecular complexity index is 262. The Hall–Kier alpha value is -0.820. The minimum atomic E-state index is 1.13. The highest BCUT2D eigenvalue weighted by molar-refractivity contribution is 5.42. The van der Waals surface area contributed by atoms with Crippen LogP contribution < -0.4 is 4.48 Å². The number of benzene rings is 1. The predicted octanol–water partition coefficient (Wildman–Crippen LogP) is 3.83. The van der Waals surface area contributed by atoms with E-state index in [1.807, 2.05) is 0 Å². The van der Waals surface area contributed by atoms with Crippen molar-refractivity contribution in [3.05, 3.63) is 30.3 Å². The fraction of sp³-hybridized carbons (Fsp3) is 0.571. The van der Waals surface area contributed by atoms with E-state index in [2.05, 4.69) is 51.1 Å². The summed E-state index contributed by atoms with van der Waals surface area (Å²) in [5.74, 6) is 0. The summed E-state index contributed by atoms with van der Waals surface area (Å²) in [6, 6.07) is 10.9. The molecule has 0 atom stereocenters. The summed E-state index contributed by atoms with van der Waals surface area (Å²) in [5, 5.41) is 0. The van der Waals surface area contributed by atoms with Crippen LogP contribution in [0.1, 0.15) is 33.6 Å². The van der Waals surface area contributed by atoms with Gasteiger partial charge in [-0.15, -0.1) is 0 Å². The number of hydrogen-bond acceptors (Lipinski definition) is 0. The third-order valence-corrected chi connectivity index (χ3v) is 3.45. The van der Waals surface area contributed by atoms with Crippen LogP contribution in [0.2, 0.25) is 0 Å². The summed E-state index contributed by atoms with van der Waals surface area (Å²) in [6.07, 6.45) is 2.60. The molecule has 0 fully saturated rings. The average molecular weight is 206 g/mol. The highest BCUT2D eigenvalue weighted by Crippen LogP contribution is 2.23. The molecular weight excluding hydrogens is 182 g/mol. The second-order valence-electron chi connectivity index (χ2n) is 4.19. The van der Waals surface area contributed by atoms with E-state index in [-0.39, 0.29) is 0 Å². The number of nitrogens with zero attached hydrogens (tertiary/aromatic N) is 1. The topological polar surface area (TPSA) is 0 Å². The molecular formula is C14H24N+. The summed E-state index contributed by atoms with van der Waals surface area (Å²) in [5.41, 5.74) is 1.47. The normalized spacial score (nSPS) is 11.7. The maximum Gasteiger partial charge on any atom is 0.132 e. The van der Waals surface area contributed by atoms with E-state index in [4.69, 9.17) is 0 Å². The van der Waals surface area contributed by atoms with E-state index in [1.54, 1.807) is 0 Å². The Morgan fingerprint density at radius 1 is 0.933 bits per heavy atom. The molecule has 1 nitrogen and oxygen atoms in total. The summed E-state index contributed by atoms with van der Waals surface area (Å²) in [6.45, 7) is 10.5. The first kappa shape index (κ1) is 12.3. The van der Waals surface area contributed by atoms with E-state index >= 15 is 0 Å². The molecule has 1 aromatic rings. The maximum absolute atomic E-state index is 2.30. The Morgan fingerprint density at radius 3 is 2.00 bits per heavy atom. The summed E-state index contributed by atoms with van der Waals surface area (Å²) >= 11 is 0. The van der Waals surface area contributed by atoms with Crippen LogP contribution >= 0.6 is 0 Å². The van der Waals surface area contributed by atoms with Crippen LogP contribution in [0.5, 0.6) is 0 Å². The standard InChI is InChI=1S/C14H24N/c1-4-7-13-15(5-2,6-3)14-11-9-8-10-12-14/h8-12H,4-7,13H2,1-3H3/q+1. The van der Waals surface area contributed by atoms with Crippen LogP contribution in [0.25, 0.3) is 0 Å². The molecule has 1 aromatic carbocycles. The van der Waals surface area contributed by atoms with Crippen molar-refractivity contribution in [1.82, 2.24) is 4.48 Å². The molecule has 84 valence electrons. The summed E-state index contributed by atoms with van der Waals surface area (Å²) in [4.78, 5) is 0. The van der Waals surface area contributed by atoms with Gasteiger partial charge in [-0.2, -0.15) is 0 Å². The molecule has 0 heterocycles. The van der Waals surface area contributed by atoms with Gasteiger partial charge in [0.15, 0.2) is 0 Å². The lowest BCUT2D eigenvalue weighted by Gasteiger charge is -2.36. The fourth-order valence-electron chi connectivity index (χ4n) is 2.24. The van der Waals surface area contributed by atoms with Gasteiger partial charge in [0.25, 0.3) is 0 Å². The number of rotatable bonds is 6. The van der Waals surface area contributed by atoms with E-state index < -0.39 is 0 Å². The van der Waals surface area contributed by atoms with Gasteiger partial charge in [-0.1, -0.05) is 31.5 Å². The van der Waals surface area contributed by atoms with Gasteiger partial charge in [-0.05, 0) is 32.4 Å². The summed E-state index contributed by atoms with van der Waals surface area (Å²) in [7, 11) is 0. The first-order valence-electron chi connectivity index (χ1n) is 6.20. The smallest absolute Gasteiger partial charge is 0.132 e. The SMILES string of the molecule is CCCC[N+](CC)(CC)c1ccccc1. The second kappa shape index (κ2) is 5.92. The molecule has 0 saturated heterocycles. The Balaban J connectivity index is 2.89. The highest BCUT2D eigenvalue weighted by Gasteiger charge is 2.24. The molecule has 1 rings (SSSR count). The molecule has 0 aliphatic carbocycles. The van der Waals surface area contributed by atoms with Gasteiger partial charge in [0.2, 0.25) is 0 Å². The van der Waals surface area contributed by atoms with Crippen LogP contribution in [0.15, 0.2) is 30.3 Å². The molecule has 0 aliphatic heterocycles. The van der Waals surface area contributed by atoms with Gasteiger partial charge in [0, 0.05) is 0 Å². The van der Waals surface area contributed by atoms with Gasteiger partial charge in [0.1, 0.15) is 5.69 Å². The van der Waals surface area contributed by atoms with Crippen LogP contribution in [0.4, 0.5) is 5.69 Å². The van der Waals surface area contributed by atoms with E-state index in [1.165, 1.54) is 38.2 Å². The van der Waals surface area contributed by atoms with Gasteiger partial charge in [-0.25, -0.2) is 0 Å². The third-order valence-electron chi connectivity index (χ3n) is 3.45. The first-order valence-corrected chi connectivity index (χ1v) is 6.20. The van der Waals surface area contributed by atoms with Crippen molar-refractivity contribution in [2.75, 3.05) is 19.6 Å². The zero-order chi connectivity index (χ0) is 11.1. The zero-order valence-electron chi connectivity index (χ0n) is 10.4. The Labute approximate surface area is 94.3 Å². The molecule has 0 aromatic heterocycles. The van der Waals surface area contributed by atoms with Crippen LogP contribution in [-0.4, -0.2) is 19.6 Å². The van der Waals surface area contributed by atoms with Gasteiger partial charge in [-0.3, -0.25) is 4.48 Å². The fourth-order valence-corrected chi connectivity index (χ4v) is 2.24. The molecule has 0 spiro atoms. The molecule has 0 aliphatic rings. The maximum atomic E-state index is 2.30. The Morgan fingerprint density at radius 2 is 1.53 bits per heavy atom. The van der Waals surface area contributed by atoms with Crippen molar-refractivity contribution in [3.63, 3.8) is 0 Å². The average Bonchev–Trinajstić information content (AvgIpc) is 2.33. The van der Waals surface area contributed by atoms with Crippen molar-refractivity contribution >= 4 is 5.69 Å². The van der Waals surface area contributed by atoms with E-state index in [0.29, 0.717) is 0 Å². The predicted molar refractivity (Wildman–Crippen MR) is 69.1 cm³/mol. The number of hydrogen-bond donors (Lipinski definition) is 0. The van der Waals surface area contributed by atoms with Crippen LogP contribution in [-0.2, 0) is 0 Å². The highest BCUT2D eigenvalue weighted by atomic mass is 15.3. The van der Waals surface area contributed by atoms with Gasteiger partial charge in [0.05, 0.1) is 19.6 Å². The molecule has 0 unspecified atom stereocenters. The van der Waals surface area contributed by atoms with Crippen molar-refractivity contribution < 1.29 is 0 Å². The lowest BCUT2D eigenvalue weighted by atomic mass is 10.2. The lowest BCUT2D eigenvalue weighted by molar-refractivity contribution is 0.295. The number of para-hydroxylation sites is 1. The molecule has 0 bridgehead atoms. The number of quaternary nitrogens is 1. The third kappa shape index (κ3) is 2.82. The van der Waals surface area contributed by atoms with Crippen molar-refractivity contribution in [2.45, 2.75) is 33.6 Å². The van der Waals surface area contributed by atoms with Crippen LogP contribution in [0.3, 0.4) is 0 Å². The lowest BCUT2D eigenvalue weighted by Crippen LogP contribution is -2.49. The first-order chi connectivity index (χ1) is 7.29.